The van der Waals surface area contributed by atoms with Crippen molar-refractivity contribution in [2.24, 2.45) is 0 Å². The van der Waals surface area contributed by atoms with Crippen molar-refractivity contribution in [3.63, 3.8) is 0 Å². The van der Waals surface area contributed by atoms with E-state index >= 15 is 0 Å². The van der Waals surface area contributed by atoms with Gasteiger partial charge in [-0.25, -0.2) is 4.98 Å². The van der Waals surface area contributed by atoms with Crippen LogP contribution < -0.4 is 10.6 Å². The summed E-state index contributed by atoms with van der Waals surface area (Å²) in [6.45, 7) is 2.82. The van der Waals surface area contributed by atoms with E-state index in [0.717, 1.165) is 30.9 Å². The van der Waals surface area contributed by atoms with Gasteiger partial charge in [-0.05, 0) is 37.3 Å². The van der Waals surface area contributed by atoms with Gasteiger partial charge in [0, 0.05) is 6.54 Å². The van der Waals surface area contributed by atoms with Crippen LogP contribution in [-0.4, -0.2) is 17.4 Å². The zero-order valence-electron chi connectivity index (χ0n) is 12.1. The molecule has 1 amide bonds. The van der Waals surface area contributed by atoms with Gasteiger partial charge in [-0.15, -0.1) is 0 Å². The number of hydrogen-bond acceptors (Lipinski definition) is 4. The van der Waals surface area contributed by atoms with Crippen LogP contribution in [0.3, 0.4) is 0 Å². The fraction of sp³-hybridized carbons (Fsp3) is 0.375. The zero-order chi connectivity index (χ0) is 14.7. The first-order chi connectivity index (χ1) is 10.3. The molecule has 0 saturated heterocycles. The molecule has 1 aliphatic carbocycles. The highest BCUT2D eigenvalue weighted by Gasteiger charge is 2.22. The summed E-state index contributed by atoms with van der Waals surface area (Å²) in [6, 6.07) is 8.50. The fourth-order valence-corrected chi connectivity index (χ4v) is 3.53. The first-order valence-electron chi connectivity index (χ1n) is 7.36. The number of anilines is 1. The summed E-state index contributed by atoms with van der Waals surface area (Å²) in [5.41, 5.74) is 2.61. The highest BCUT2D eigenvalue weighted by Crippen LogP contribution is 2.30. The van der Waals surface area contributed by atoms with Gasteiger partial charge in [0.05, 0.1) is 12.2 Å². The maximum Gasteiger partial charge on any atom is 0.263 e. The van der Waals surface area contributed by atoms with Crippen molar-refractivity contribution < 1.29 is 4.79 Å². The van der Waals surface area contributed by atoms with Gasteiger partial charge in [-0.3, -0.25) is 4.79 Å². The number of fused-ring (bicyclic) bond motifs is 1. The van der Waals surface area contributed by atoms with E-state index in [2.05, 4.69) is 33.8 Å². The Labute approximate surface area is 128 Å². The van der Waals surface area contributed by atoms with E-state index in [9.17, 15) is 4.79 Å². The van der Waals surface area contributed by atoms with Crippen molar-refractivity contribution in [3.05, 3.63) is 46.5 Å². The average Bonchev–Trinajstić information content (AvgIpc) is 2.97. The Morgan fingerprint density at radius 3 is 3.14 bits per heavy atom. The number of thiazole rings is 1. The highest BCUT2D eigenvalue weighted by molar-refractivity contribution is 7.17. The molecule has 0 radical (unpaired) electrons. The molecule has 1 aromatic heterocycles. The molecule has 0 spiro atoms. The fourth-order valence-electron chi connectivity index (χ4n) is 2.75. The van der Waals surface area contributed by atoms with Crippen LogP contribution >= 0.6 is 11.3 Å². The first kappa shape index (κ1) is 14.1. The summed E-state index contributed by atoms with van der Waals surface area (Å²) in [5.74, 6) is -0.0293. The quantitative estimate of drug-likeness (QED) is 0.910. The van der Waals surface area contributed by atoms with Crippen LogP contribution in [0.2, 0.25) is 0 Å². The van der Waals surface area contributed by atoms with Gasteiger partial charge in [0.1, 0.15) is 4.88 Å². The van der Waals surface area contributed by atoms with Crippen molar-refractivity contribution >= 4 is 22.4 Å². The van der Waals surface area contributed by atoms with E-state index in [1.165, 1.54) is 22.5 Å². The number of hydrogen-bond donors (Lipinski definition) is 2. The molecule has 5 heteroatoms. The summed E-state index contributed by atoms with van der Waals surface area (Å²) in [5, 5.41) is 7.08. The minimum atomic E-state index is -0.0293. The van der Waals surface area contributed by atoms with Gasteiger partial charge < -0.3 is 10.6 Å². The van der Waals surface area contributed by atoms with Gasteiger partial charge in [0.25, 0.3) is 5.91 Å². The molecule has 0 bridgehead atoms. The third-order valence-corrected chi connectivity index (χ3v) is 4.69. The molecule has 4 nitrogen and oxygen atoms in total. The van der Waals surface area contributed by atoms with E-state index < -0.39 is 0 Å². The minimum absolute atomic E-state index is 0.0293. The van der Waals surface area contributed by atoms with Crippen LogP contribution in [0.15, 0.2) is 30.5 Å². The Morgan fingerprint density at radius 2 is 2.29 bits per heavy atom. The molecule has 21 heavy (non-hydrogen) atoms. The van der Waals surface area contributed by atoms with Gasteiger partial charge in [-0.1, -0.05) is 35.6 Å². The highest BCUT2D eigenvalue weighted by atomic mass is 32.1. The second-order valence-electron chi connectivity index (χ2n) is 5.18. The first-order valence-corrected chi connectivity index (χ1v) is 8.18. The van der Waals surface area contributed by atoms with E-state index in [-0.39, 0.29) is 11.9 Å². The molecule has 1 aromatic carbocycles. The van der Waals surface area contributed by atoms with Crippen molar-refractivity contribution in [1.29, 1.82) is 0 Å². The monoisotopic (exact) mass is 301 g/mol. The Bertz CT molecular complexity index is 638. The number of benzene rings is 1. The van der Waals surface area contributed by atoms with Crippen LogP contribution in [0.5, 0.6) is 0 Å². The van der Waals surface area contributed by atoms with Crippen LogP contribution in [-0.2, 0) is 6.42 Å². The third-order valence-electron chi connectivity index (χ3n) is 3.73. The summed E-state index contributed by atoms with van der Waals surface area (Å²) in [4.78, 5) is 17.2. The molecule has 1 aliphatic rings. The lowest BCUT2D eigenvalue weighted by Gasteiger charge is -2.26. The van der Waals surface area contributed by atoms with Crippen LogP contribution in [0.1, 0.15) is 46.6 Å². The topological polar surface area (TPSA) is 54.0 Å². The van der Waals surface area contributed by atoms with Crippen LogP contribution in [0.25, 0.3) is 0 Å². The number of aryl methyl sites for hydroxylation is 1. The summed E-state index contributed by atoms with van der Waals surface area (Å²) in [7, 11) is 0. The Hall–Kier alpha value is -1.88. The standard InChI is InChI=1S/C16H19N3OS/c1-2-17-16-18-10-14(21-16)15(20)19-13-9-5-7-11-6-3-4-8-12(11)13/h3-4,6,8,10,13H,2,5,7,9H2,1H3,(H,17,18)(H,19,20). The predicted octanol–water partition coefficient (Wildman–Crippen LogP) is 3.38. The molecule has 110 valence electrons. The SMILES string of the molecule is CCNc1ncc(C(=O)NC2CCCc3ccccc32)s1. The molecule has 0 saturated carbocycles. The number of aromatic nitrogens is 1. The van der Waals surface area contributed by atoms with E-state index in [1.807, 2.05) is 13.0 Å². The second kappa shape index (κ2) is 6.26. The number of carbonyl (C=O) groups excluding carboxylic acids is 1. The number of nitrogens with one attached hydrogen (secondary N) is 2. The number of rotatable bonds is 4. The maximum atomic E-state index is 12.4. The van der Waals surface area contributed by atoms with Gasteiger partial charge >= 0.3 is 0 Å². The molecule has 2 N–H and O–H groups in total. The summed E-state index contributed by atoms with van der Waals surface area (Å²) in [6.07, 6.45) is 4.87. The van der Waals surface area contributed by atoms with Gasteiger partial charge in [0.15, 0.2) is 5.13 Å². The van der Waals surface area contributed by atoms with E-state index in [4.69, 9.17) is 0 Å². The van der Waals surface area contributed by atoms with Crippen LogP contribution in [0.4, 0.5) is 5.13 Å². The third kappa shape index (κ3) is 3.08. The minimum Gasteiger partial charge on any atom is -0.362 e. The molecule has 3 rings (SSSR count). The van der Waals surface area contributed by atoms with Crippen molar-refractivity contribution in [2.45, 2.75) is 32.2 Å². The van der Waals surface area contributed by atoms with Crippen molar-refractivity contribution in [1.82, 2.24) is 10.3 Å². The summed E-state index contributed by atoms with van der Waals surface area (Å²) >= 11 is 1.40. The largest absolute Gasteiger partial charge is 0.362 e. The second-order valence-corrected chi connectivity index (χ2v) is 6.21. The maximum absolute atomic E-state index is 12.4. The van der Waals surface area contributed by atoms with Gasteiger partial charge in [-0.2, -0.15) is 0 Å². The van der Waals surface area contributed by atoms with Crippen LogP contribution in [0, 0.1) is 0 Å². The van der Waals surface area contributed by atoms with E-state index in [1.54, 1.807) is 6.20 Å². The van der Waals surface area contributed by atoms with Gasteiger partial charge in [0.2, 0.25) is 0 Å². The molecule has 0 fully saturated rings. The normalized spacial score (nSPS) is 17.1. The number of nitrogens with zero attached hydrogens (tertiary/aromatic N) is 1. The van der Waals surface area contributed by atoms with E-state index in [0.29, 0.717) is 4.88 Å². The molecule has 2 aromatic rings. The smallest absolute Gasteiger partial charge is 0.263 e. The lowest BCUT2D eigenvalue weighted by Crippen LogP contribution is -2.30. The number of amides is 1. The Kier molecular flexibility index (Phi) is 4.20. The van der Waals surface area contributed by atoms with Crippen molar-refractivity contribution in [3.8, 4) is 0 Å². The number of carbonyl (C=O) groups is 1. The molecule has 0 aliphatic heterocycles. The lowest BCUT2D eigenvalue weighted by molar-refractivity contribution is 0.0936. The predicted molar refractivity (Wildman–Crippen MR) is 85.9 cm³/mol. The lowest BCUT2D eigenvalue weighted by atomic mass is 9.88. The molecular weight excluding hydrogens is 282 g/mol. The Balaban J connectivity index is 1.73. The average molecular weight is 301 g/mol. The molecule has 1 heterocycles. The molecule has 1 unspecified atom stereocenters. The molecular formula is C16H19N3OS. The zero-order valence-corrected chi connectivity index (χ0v) is 12.9. The molecule has 1 atom stereocenters. The summed E-state index contributed by atoms with van der Waals surface area (Å²) < 4.78 is 0. The Morgan fingerprint density at radius 1 is 1.43 bits per heavy atom. The van der Waals surface area contributed by atoms with Crippen molar-refractivity contribution in [2.75, 3.05) is 11.9 Å².